The van der Waals surface area contributed by atoms with Gasteiger partial charge in [-0.25, -0.2) is 0 Å². The topological polar surface area (TPSA) is 24.5 Å². The third kappa shape index (κ3) is 9.78. The maximum absolute atomic E-state index is 7.54. The largest absolute Gasteiger partial charge is 0.704 e. The Balaban J connectivity index is 1.42. The van der Waals surface area contributed by atoms with E-state index in [0.29, 0.717) is 12.1 Å². The molecule has 3 heterocycles. The fourth-order valence-corrected chi connectivity index (χ4v) is 12.9. The molecule has 0 aromatic heterocycles. The van der Waals surface area contributed by atoms with Gasteiger partial charge in [0.25, 0.3) is 0 Å². The number of aryl methyl sites for hydroxylation is 1. The van der Waals surface area contributed by atoms with Gasteiger partial charge in [0.2, 0.25) is 12.1 Å². The molecule has 62 heavy (non-hydrogen) atoms. The van der Waals surface area contributed by atoms with Gasteiger partial charge in [-0.2, -0.15) is 0 Å². The van der Waals surface area contributed by atoms with Crippen LogP contribution in [0.5, 0.6) is 11.5 Å². The summed E-state index contributed by atoms with van der Waals surface area (Å²) in [5.74, 6) is 1.97. The number of fused-ring (bicyclic) bond motifs is 5. The average Bonchev–Trinajstić information content (AvgIpc) is 3.47. The number of quaternary nitrogens is 2. The molecule has 1 spiro atoms. The van der Waals surface area contributed by atoms with Gasteiger partial charge in [0, 0.05) is 18.4 Å². The Bertz CT molecular complexity index is 1850. The Morgan fingerprint density at radius 3 is 1.39 bits per heavy atom. The summed E-state index contributed by atoms with van der Waals surface area (Å²) >= 11 is 0. The van der Waals surface area contributed by atoms with Crippen LogP contribution in [-0.4, -0.2) is 101 Å². The van der Waals surface area contributed by atoms with Crippen LogP contribution in [0.15, 0.2) is 24.3 Å². The normalized spacial score (nSPS) is 21.2. The van der Waals surface area contributed by atoms with Crippen molar-refractivity contribution in [2.24, 2.45) is 0 Å². The van der Waals surface area contributed by atoms with E-state index in [9.17, 15) is 0 Å². The van der Waals surface area contributed by atoms with Crippen LogP contribution >= 0.6 is 0 Å². The highest BCUT2D eigenvalue weighted by Crippen LogP contribution is 2.49. The Labute approximate surface area is 381 Å². The van der Waals surface area contributed by atoms with Crippen LogP contribution in [0.3, 0.4) is 0 Å². The molecule has 2 aromatic rings. The lowest BCUT2D eigenvalue weighted by molar-refractivity contribution is -0.928. The van der Waals surface area contributed by atoms with Crippen LogP contribution < -0.4 is 9.47 Å². The summed E-state index contributed by atoms with van der Waals surface area (Å²) < 4.78 is 22.7. The first-order chi connectivity index (χ1) is 29.4. The number of rotatable bonds is 21. The van der Waals surface area contributed by atoms with Crippen molar-refractivity contribution in [1.29, 1.82) is 0 Å². The Hall–Kier alpha value is -2.70. The monoisotopic (exact) mass is 855 g/mol. The third-order valence-corrected chi connectivity index (χ3v) is 15.8. The molecule has 0 N–H and O–H groups in total. The molecule has 3 atom stereocenters. The molecular formula is C56H94N4O2+4. The Morgan fingerprint density at radius 1 is 0.548 bits per heavy atom. The molecule has 0 amide bonds. The van der Waals surface area contributed by atoms with Gasteiger partial charge in [0.15, 0.2) is 23.9 Å². The Morgan fingerprint density at radius 2 is 0.968 bits per heavy atom. The zero-order valence-electron chi connectivity index (χ0n) is 42.8. The van der Waals surface area contributed by atoms with E-state index in [1.807, 2.05) is 0 Å². The number of hydrogen-bond acceptors (Lipinski definition) is 2. The quantitative estimate of drug-likeness (QED) is 0.0923. The van der Waals surface area contributed by atoms with E-state index in [2.05, 4.69) is 143 Å². The number of ether oxygens (including phenoxy) is 2. The SMILES string of the molecule is CCC[N+](CCC)(CCC)CCCC(C)(CCC[N+](CCC)(CCC)CCC)c1cc(C)c2c(c1)C=[N+]1C3CCCCC3[N+]3=Cc4cc(C(C)(C)C)cc(C(C)(C)C)c4OC13O2. The zero-order chi connectivity index (χ0) is 45.1. The third-order valence-electron chi connectivity index (χ3n) is 15.8. The van der Waals surface area contributed by atoms with Crippen LogP contribution in [-0.2, 0) is 16.2 Å². The second kappa shape index (κ2) is 19.4. The molecular weight excluding hydrogens is 761 g/mol. The van der Waals surface area contributed by atoms with Crippen molar-refractivity contribution in [3.8, 4) is 11.5 Å². The number of benzene rings is 2. The van der Waals surface area contributed by atoms with E-state index in [1.54, 1.807) is 0 Å². The average molecular weight is 855 g/mol. The lowest BCUT2D eigenvalue weighted by Crippen LogP contribution is -2.60. The van der Waals surface area contributed by atoms with E-state index in [-0.39, 0.29) is 16.2 Å². The minimum absolute atomic E-state index is 0.0331. The van der Waals surface area contributed by atoms with Gasteiger partial charge in [-0.3, -0.25) is 0 Å². The number of hydrogen-bond donors (Lipinski definition) is 0. The highest BCUT2D eigenvalue weighted by atomic mass is 16.7. The molecule has 3 aliphatic heterocycles. The molecule has 6 rings (SSSR count). The molecule has 4 aliphatic rings. The van der Waals surface area contributed by atoms with E-state index < -0.39 is 6.03 Å². The van der Waals surface area contributed by atoms with Crippen LogP contribution in [0.1, 0.15) is 213 Å². The lowest BCUT2D eigenvalue weighted by Gasteiger charge is -2.41. The van der Waals surface area contributed by atoms with Crippen molar-refractivity contribution in [3.63, 3.8) is 0 Å². The summed E-state index contributed by atoms with van der Waals surface area (Å²) in [5, 5.41) is 0. The predicted molar refractivity (Wildman–Crippen MR) is 263 cm³/mol. The summed E-state index contributed by atoms with van der Waals surface area (Å²) in [6, 6.07) is 9.53. The first kappa shape index (κ1) is 48.7. The fourth-order valence-electron chi connectivity index (χ4n) is 12.9. The molecule has 2 fully saturated rings. The summed E-state index contributed by atoms with van der Waals surface area (Å²) in [5.41, 5.74) is 7.80. The van der Waals surface area contributed by atoms with Gasteiger partial charge in [-0.15, -0.1) is 0 Å². The van der Waals surface area contributed by atoms with E-state index in [1.165, 1.54) is 172 Å². The first-order valence-corrected chi connectivity index (χ1v) is 26.1. The molecule has 346 valence electrons. The van der Waals surface area contributed by atoms with Crippen LogP contribution in [0, 0.1) is 6.92 Å². The van der Waals surface area contributed by atoms with E-state index >= 15 is 0 Å². The summed E-state index contributed by atoms with van der Waals surface area (Å²) in [7, 11) is 0. The minimum atomic E-state index is -1.03. The standard InChI is InChI=1S/C56H94N4O2/c1-15-29-59(30-16-2,31-17-3)35-23-27-55(14,28-24-36-60(32-18-4,33-19-5)34-20-6)47-37-43(7)51-44(39-47)41-57-49-25-21-22-26-50(49)58-42-45-38-46(53(8,9)10)40-48(54(11,12)13)52(45)62-56(57,58)61-51/h37-42,49-50H,15-36H2,1-14H3/q+4. The minimum Gasteiger partial charge on any atom is -0.340 e. The summed E-state index contributed by atoms with van der Waals surface area (Å²) in [6.07, 6.45) is 22.3. The van der Waals surface area contributed by atoms with Crippen LogP contribution in [0.4, 0.5) is 0 Å². The van der Waals surface area contributed by atoms with Crippen molar-refractivity contribution in [1.82, 2.24) is 0 Å². The van der Waals surface area contributed by atoms with Crippen LogP contribution in [0.2, 0.25) is 0 Å². The molecule has 3 unspecified atom stereocenters. The maximum atomic E-state index is 7.54. The van der Waals surface area contributed by atoms with Gasteiger partial charge in [-0.05, 0) is 129 Å². The molecule has 1 aliphatic carbocycles. The second-order valence-corrected chi connectivity index (χ2v) is 23.1. The van der Waals surface area contributed by atoms with Crippen molar-refractivity contribution in [2.45, 2.75) is 221 Å². The van der Waals surface area contributed by atoms with Gasteiger partial charge in [-0.1, -0.05) is 111 Å². The zero-order valence-corrected chi connectivity index (χ0v) is 42.8. The lowest BCUT2D eigenvalue weighted by atomic mass is 9.73. The van der Waals surface area contributed by atoms with Crippen molar-refractivity contribution in [3.05, 3.63) is 57.6 Å². The smallest absolute Gasteiger partial charge is 0.340 e. The van der Waals surface area contributed by atoms with Crippen LogP contribution in [0.25, 0.3) is 0 Å². The van der Waals surface area contributed by atoms with Crippen molar-refractivity contribution in [2.75, 3.05) is 52.4 Å². The Kier molecular flexibility index (Phi) is 15.3. The van der Waals surface area contributed by atoms with Gasteiger partial charge >= 0.3 is 6.03 Å². The molecule has 0 radical (unpaired) electrons. The van der Waals surface area contributed by atoms with Crippen molar-refractivity contribution >= 4 is 12.4 Å². The van der Waals surface area contributed by atoms with Crippen molar-refractivity contribution < 1.29 is 27.6 Å². The van der Waals surface area contributed by atoms with E-state index in [4.69, 9.17) is 9.47 Å². The highest BCUT2D eigenvalue weighted by molar-refractivity contribution is 5.85. The molecule has 1 saturated carbocycles. The van der Waals surface area contributed by atoms with Gasteiger partial charge in [0.1, 0.15) is 0 Å². The molecule has 1 saturated heterocycles. The predicted octanol–water partition coefficient (Wildman–Crippen LogP) is 12.8. The second-order valence-electron chi connectivity index (χ2n) is 23.1. The maximum Gasteiger partial charge on any atom is 0.704 e. The first-order valence-electron chi connectivity index (χ1n) is 26.1. The summed E-state index contributed by atoms with van der Waals surface area (Å²) in [4.78, 5) is 0. The molecule has 6 nitrogen and oxygen atoms in total. The van der Waals surface area contributed by atoms with E-state index in [0.717, 1.165) is 24.3 Å². The molecule has 2 aromatic carbocycles. The van der Waals surface area contributed by atoms with Gasteiger partial charge in [0.05, 0.1) is 63.5 Å². The molecule has 6 heteroatoms. The molecule has 0 bridgehead atoms. The summed E-state index contributed by atoms with van der Waals surface area (Å²) in [6.45, 7) is 43.7. The fraction of sp³-hybridized carbons (Fsp3) is 0.750. The highest BCUT2D eigenvalue weighted by Gasteiger charge is 2.76. The van der Waals surface area contributed by atoms with Gasteiger partial charge < -0.3 is 18.4 Å². The number of nitrogens with zero attached hydrogens (tertiary/aromatic N) is 4.